The number of aromatic nitrogens is 3. The summed E-state index contributed by atoms with van der Waals surface area (Å²) in [5.41, 5.74) is 0.0965. The second kappa shape index (κ2) is 10.0. The molecule has 0 N–H and O–H groups in total. The summed E-state index contributed by atoms with van der Waals surface area (Å²) in [5.74, 6) is -1.00. The third-order valence-corrected chi connectivity index (χ3v) is 6.10. The number of esters is 1. The molecular weight excluding hydrogens is 519 g/mol. The van der Waals surface area contributed by atoms with E-state index in [1.54, 1.807) is 43.5 Å². The Morgan fingerprint density at radius 1 is 1.08 bits per heavy atom. The van der Waals surface area contributed by atoms with Crippen LogP contribution in [0.4, 0.5) is 0 Å². The average Bonchev–Trinajstić information content (AvgIpc) is 3.39. The van der Waals surface area contributed by atoms with Gasteiger partial charge in [0.05, 0.1) is 35.4 Å². The molecule has 1 aromatic carbocycles. The van der Waals surface area contributed by atoms with Gasteiger partial charge in [-0.2, -0.15) is 4.99 Å². The van der Waals surface area contributed by atoms with E-state index in [9.17, 15) is 14.4 Å². The summed E-state index contributed by atoms with van der Waals surface area (Å²) in [6, 6.07) is 14.2. The van der Waals surface area contributed by atoms with Gasteiger partial charge in [0.25, 0.3) is 11.5 Å². The van der Waals surface area contributed by atoms with Crippen LogP contribution in [0.1, 0.15) is 33.4 Å². The summed E-state index contributed by atoms with van der Waals surface area (Å²) in [6.45, 7) is 1.74. The molecule has 0 radical (unpaired) electrons. The van der Waals surface area contributed by atoms with E-state index < -0.39 is 17.4 Å². The van der Waals surface area contributed by atoms with Gasteiger partial charge in [0.15, 0.2) is 5.49 Å². The Bertz CT molecular complexity index is 1810. The quantitative estimate of drug-likeness (QED) is 0.241. The number of halogens is 2. The fraction of sp³-hybridized carbons (Fsp3) is 0.115. The molecular formula is C26H18Cl2N4O5. The molecule has 186 valence electrons. The number of carbonyl (C=O) groups is 2. The second-order valence-corrected chi connectivity index (χ2v) is 8.74. The Morgan fingerprint density at radius 3 is 2.65 bits per heavy atom. The molecule has 0 aliphatic heterocycles. The highest BCUT2D eigenvalue weighted by Crippen LogP contribution is 2.22. The summed E-state index contributed by atoms with van der Waals surface area (Å²) in [6.07, 6.45) is 3.07. The fourth-order valence-corrected chi connectivity index (χ4v) is 4.37. The van der Waals surface area contributed by atoms with E-state index in [0.717, 1.165) is 0 Å². The van der Waals surface area contributed by atoms with Crippen molar-refractivity contribution in [1.82, 2.24) is 14.0 Å². The van der Waals surface area contributed by atoms with E-state index in [1.165, 1.54) is 39.5 Å². The van der Waals surface area contributed by atoms with E-state index in [-0.39, 0.29) is 45.8 Å². The van der Waals surface area contributed by atoms with Crippen molar-refractivity contribution >= 4 is 51.8 Å². The number of ether oxygens (including phenoxy) is 1. The number of nitrogens with zero attached hydrogens (tertiary/aromatic N) is 4. The highest BCUT2D eigenvalue weighted by molar-refractivity contribution is 6.36. The van der Waals surface area contributed by atoms with E-state index in [4.69, 9.17) is 32.4 Å². The van der Waals surface area contributed by atoms with Gasteiger partial charge in [-0.1, -0.05) is 29.3 Å². The normalized spacial score (nSPS) is 11.8. The first-order valence-electron chi connectivity index (χ1n) is 11.2. The Kier molecular flexibility index (Phi) is 6.64. The highest BCUT2D eigenvalue weighted by atomic mass is 35.5. The van der Waals surface area contributed by atoms with Crippen LogP contribution in [-0.4, -0.2) is 32.4 Å². The molecule has 0 atom stereocenters. The lowest BCUT2D eigenvalue weighted by molar-refractivity contribution is 0.0523. The van der Waals surface area contributed by atoms with Gasteiger partial charge in [0.1, 0.15) is 22.6 Å². The van der Waals surface area contributed by atoms with E-state index >= 15 is 0 Å². The van der Waals surface area contributed by atoms with Crippen LogP contribution < -0.4 is 11.0 Å². The fourth-order valence-electron chi connectivity index (χ4n) is 3.88. The molecule has 5 rings (SSSR count). The largest absolute Gasteiger partial charge is 0.467 e. The minimum absolute atomic E-state index is 0.0205. The van der Waals surface area contributed by atoms with Gasteiger partial charge in [-0.3, -0.25) is 14.0 Å². The number of furan rings is 1. The number of benzene rings is 1. The molecule has 5 aromatic rings. The summed E-state index contributed by atoms with van der Waals surface area (Å²) < 4.78 is 13.6. The molecule has 11 heteroatoms. The van der Waals surface area contributed by atoms with E-state index in [2.05, 4.69) is 9.98 Å². The first-order valence-corrected chi connectivity index (χ1v) is 11.9. The monoisotopic (exact) mass is 536 g/mol. The van der Waals surface area contributed by atoms with Gasteiger partial charge in [0, 0.05) is 11.2 Å². The van der Waals surface area contributed by atoms with Crippen LogP contribution in [0.5, 0.6) is 0 Å². The number of amides is 1. The Balaban J connectivity index is 1.90. The SMILES string of the molecule is CCOC(=O)c1cc2c(=O)n3ccccc3nc2n(Cc2ccco2)c1=NC(=O)c1ccc(Cl)cc1Cl. The lowest BCUT2D eigenvalue weighted by Crippen LogP contribution is -2.33. The number of hydrogen-bond donors (Lipinski definition) is 0. The molecule has 1 amide bonds. The van der Waals surface area contributed by atoms with Crippen molar-refractivity contribution in [1.29, 1.82) is 0 Å². The maximum absolute atomic E-state index is 13.4. The lowest BCUT2D eigenvalue weighted by Gasteiger charge is -2.14. The topological polar surface area (TPSA) is 108 Å². The van der Waals surface area contributed by atoms with Gasteiger partial charge in [-0.15, -0.1) is 0 Å². The maximum atomic E-state index is 13.4. The van der Waals surface area contributed by atoms with E-state index in [0.29, 0.717) is 16.4 Å². The third-order valence-electron chi connectivity index (χ3n) is 5.55. The van der Waals surface area contributed by atoms with Crippen LogP contribution in [0.3, 0.4) is 0 Å². The van der Waals surface area contributed by atoms with Crippen LogP contribution in [0.2, 0.25) is 10.0 Å². The van der Waals surface area contributed by atoms with Crippen molar-refractivity contribution in [2.24, 2.45) is 4.99 Å². The van der Waals surface area contributed by atoms with Gasteiger partial charge in [0.2, 0.25) is 0 Å². The summed E-state index contributed by atoms with van der Waals surface area (Å²) in [7, 11) is 0. The first-order chi connectivity index (χ1) is 17.9. The van der Waals surface area contributed by atoms with Crippen LogP contribution >= 0.6 is 23.2 Å². The summed E-state index contributed by atoms with van der Waals surface area (Å²) >= 11 is 12.2. The smallest absolute Gasteiger partial charge is 0.341 e. The number of fused-ring (bicyclic) bond motifs is 2. The predicted octanol–water partition coefficient (Wildman–Crippen LogP) is 4.52. The highest BCUT2D eigenvalue weighted by Gasteiger charge is 2.21. The lowest BCUT2D eigenvalue weighted by atomic mass is 10.2. The molecule has 37 heavy (non-hydrogen) atoms. The minimum Gasteiger partial charge on any atom is -0.467 e. The molecule has 0 unspecified atom stereocenters. The maximum Gasteiger partial charge on any atom is 0.341 e. The second-order valence-electron chi connectivity index (χ2n) is 7.89. The molecule has 0 aliphatic rings. The van der Waals surface area contributed by atoms with Gasteiger partial charge in [-0.25, -0.2) is 9.78 Å². The Morgan fingerprint density at radius 2 is 1.92 bits per heavy atom. The zero-order valence-electron chi connectivity index (χ0n) is 19.4. The minimum atomic E-state index is -0.760. The molecule has 0 spiro atoms. The summed E-state index contributed by atoms with van der Waals surface area (Å²) in [4.78, 5) is 48.7. The van der Waals surface area contributed by atoms with Crippen LogP contribution in [0.25, 0.3) is 16.7 Å². The van der Waals surface area contributed by atoms with Gasteiger partial charge < -0.3 is 13.7 Å². The number of rotatable bonds is 5. The summed E-state index contributed by atoms with van der Waals surface area (Å²) in [5, 5.41) is 0.581. The van der Waals surface area contributed by atoms with Crippen molar-refractivity contribution in [3.63, 3.8) is 0 Å². The van der Waals surface area contributed by atoms with Crippen molar-refractivity contribution in [2.45, 2.75) is 13.5 Å². The molecule has 0 bridgehead atoms. The first kappa shape index (κ1) is 24.5. The molecule has 0 saturated heterocycles. The van der Waals surface area contributed by atoms with Crippen LogP contribution in [-0.2, 0) is 11.3 Å². The molecule has 0 aliphatic carbocycles. The third kappa shape index (κ3) is 4.66. The zero-order valence-corrected chi connectivity index (χ0v) is 20.9. The van der Waals surface area contributed by atoms with Gasteiger partial charge >= 0.3 is 5.97 Å². The molecule has 0 fully saturated rings. The molecule has 4 aromatic heterocycles. The number of carbonyl (C=O) groups excluding carboxylic acids is 2. The van der Waals surface area contributed by atoms with Crippen LogP contribution in [0.15, 0.2) is 81.3 Å². The zero-order chi connectivity index (χ0) is 26.1. The Labute approximate surface area is 219 Å². The van der Waals surface area contributed by atoms with Crippen molar-refractivity contribution in [2.75, 3.05) is 6.61 Å². The number of hydrogen-bond acceptors (Lipinski definition) is 6. The number of pyridine rings is 2. The standard InChI is InChI=1S/C26H18Cl2N4O5/c1-2-36-26(35)19-13-18-22(29-21-7-3-4-10-31(21)25(18)34)32(14-16-6-5-11-37-16)23(19)30-24(33)17-9-8-15(27)12-20(17)28/h3-13H,2,14H2,1H3. The van der Waals surface area contributed by atoms with E-state index in [1.807, 2.05) is 0 Å². The van der Waals surface area contributed by atoms with Crippen LogP contribution in [0, 0.1) is 0 Å². The van der Waals surface area contributed by atoms with Crippen molar-refractivity contribution in [3.8, 4) is 0 Å². The van der Waals surface area contributed by atoms with Gasteiger partial charge in [-0.05, 0) is 55.5 Å². The Hall–Kier alpha value is -4.21. The molecule has 9 nitrogen and oxygen atoms in total. The molecule has 4 heterocycles. The molecule has 0 saturated carbocycles. The average molecular weight is 537 g/mol. The van der Waals surface area contributed by atoms with Crippen molar-refractivity contribution in [3.05, 3.63) is 110 Å². The van der Waals surface area contributed by atoms with Crippen molar-refractivity contribution < 1.29 is 18.7 Å². The predicted molar refractivity (Wildman–Crippen MR) is 137 cm³/mol.